The minimum absolute atomic E-state index is 0.215. The van der Waals surface area contributed by atoms with Gasteiger partial charge in [0.25, 0.3) is 0 Å². The molecule has 0 N–H and O–H groups in total. The van der Waals surface area contributed by atoms with Gasteiger partial charge in [-0.3, -0.25) is 4.79 Å². The summed E-state index contributed by atoms with van der Waals surface area (Å²) in [5, 5.41) is 8.30. The van der Waals surface area contributed by atoms with Crippen molar-refractivity contribution in [3.8, 4) is 0 Å². The van der Waals surface area contributed by atoms with E-state index < -0.39 is 0 Å². The van der Waals surface area contributed by atoms with Gasteiger partial charge >= 0.3 is 0 Å². The predicted molar refractivity (Wildman–Crippen MR) is 102 cm³/mol. The molecule has 0 aromatic heterocycles. The number of ketones is 1. The van der Waals surface area contributed by atoms with Gasteiger partial charge < -0.3 is 0 Å². The molecule has 3 aromatic rings. The van der Waals surface area contributed by atoms with Crippen LogP contribution in [-0.2, 0) is 0 Å². The first-order valence-electron chi connectivity index (χ1n) is 8.19. The molecule has 0 bridgehead atoms. The van der Waals surface area contributed by atoms with E-state index >= 15 is 0 Å². The van der Waals surface area contributed by atoms with Crippen LogP contribution in [-0.4, -0.2) is 17.2 Å². The Kier molecular flexibility index (Phi) is 5.44. The van der Waals surface area contributed by atoms with Crippen LogP contribution in [0, 0.1) is 5.82 Å². The Morgan fingerprint density at radius 2 is 1.27 bits per heavy atom. The molecule has 0 amide bonds. The standard InChI is InChI=1S/C22H17FN2O/c1-16(19-14-8-9-15-20(19)23)24-25-21(17-10-4-2-5-11-17)22(26)18-12-6-3-7-13-18/h2-15H,1H3/b24-16+,25-21+. The SMILES string of the molecule is C/C(=N\N=C(\C(=O)c1ccccc1)c1ccccc1)c1ccccc1F. The lowest BCUT2D eigenvalue weighted by Gasteiger charge is -2.05. The Morgan fingerprint density at radius 1 is 0.731 bits per heavy atom. The summed E-state index contributed by atoms with van der Waals surface area (Å²) in [4.78, 5) is 12.9. The number of hydrogen-bond donors (Lipinski definition) is 0. The molecule has 0 aliphatic rings. The number of benzene rings is 3. The summed E-state index contributed by atoms with van der Waals surface area (Å²) < 4.78 is 13.9. The zero-order valence-corrected chi connectivity index (χ0v) is 14.3. The third kappa shape index (κ3) is 3.98. The minimum atomic E-state index is -0.375. The smallest absolute Gasteiger partial charge is 0.213 e. The summed E-state index contributed by atoms with van der Waals surface area (Å²) in [7, 11) is 0. The number of carbonyl (C=O) groups excluding carboxylic acids is 1. The molecule has 0 spiro atoms. The van der Waals surface area contributed by atoms with Crippen molar-refractivity contribution in [2.45, 2.75) is 6.92 Å². The second-order valence-corrected chi connectivity index (χ2v) is 5.68. The van der Waals surface area contributed by atoms with E-state index in [1.165, 1.54) is 6.07 Å². The summed E-state index contributed by atoms with van der Waals surface area (Å²) in [6.45, 7) is 1.66. The van der Waals surface area contributed by atoms with Gasteiger partial charge in [0.2, 0.25) is 5.78 Å². The average molecular weight is 344 g/mol. The molecule has 0 fully saturated rings. The molecule has 128 valence electrons. The molecular formula is C22H17FN2O. The molecule has 3 aromatic carbocycles. The highest BCUT2D eigenvalue weighted by atomic mass is 19.1. The van der Waals surface area contributed by atoms with Crippen LogP contribution in [0.15, 0.2) is 95.1 Å². The van der Waals surface area contributed by atoms with Crippen LogP contribution >= 0.6 is 0 Å². The number of hydrogen-bond acceptors (Lipinski definition) is 3. The third-order valence-corrected chi connectivity index (χ3v) is 3.86. The second kappa shape index (κ2) is 8.12. The average Bonchev–Trinajstić information content (AvgIpc) is 2.69. The number of halogens is 1. The molecule has 0 saturated heterocycles. The van der Waals surface area contributed by atoms with Gasteiger partial charge in [0, 0.05) is 16.7 Å². The zero-order chi connectivity index (χ0) is 18.4. The fraction of sp³-hybridized carbons (Fsp3) is 0.0455. The fourth-order valence-electron chi connectivity index (χ4n) is 2.49. The Labute approximate surface area is 151 Å². The maximum absolute atomic E-state index is 13.9. The molecule has 0 aliphatic heterocycles. The number of nitrogens with zero attached hydrogens (tertiary/aromatic N) is 2. The molecule has 0 aliphatic carbocycles. The van der Waals surface area contributed by atoms with Crippen molar-refractivity contribution in [1.82, 2.24) is 0 Å². The van der Waals surface area contributed by atoms with Gasteiger partial charge in [-0.2, -0.15) is 5.10 Å². The molecule has 0 atom stereocenters. The van der Waals surface area contributed by atoms with Gasteiger partial charge in [0.1, 0.15) is 11.5 Å². The molecule has 0 radical (unpaired) electrons. The molecule has 0 heterocycles. The lowest BCUT2D eigenvalue weighted by Crippen LogP contribution is -2.16. The number of carbonyl (C=O) groups is 1. The summed E-state index contributed by atoms with van der Waals surface area (Å²) in [6, 6.07) is 24.4. The van der Waals surface area contributed by atoms with Crippen LogP contribution in [0.25, 0.3) is 0 Å². The van der Waals surface area contributed by atoms with Crippen molar-refractivity contribution in [2.75, 3.05) is 0 Å². The molecule has 0 saturated carbocycles. The summed E-state index contributed by atoms with van der Waals surface area (Å²) >= 11 is 0. The Morgan fingerprint density at radius 3 is 1.88 bits per heavy atom. The first-order chi connectivity index (χ1) is 12.7. The second-order valence-electron chi connectivity index (χ2n) is 5.68. The summed E-state index contributed by atoms with van der Waals surface area (Å²) in [5.74, 6) is -0.610. The van der Waals surface area contributed by atoms with Gasteiger partial charge in [-0.05, 0) is 13.0 Å². The zero-order valence-electron chi connectivity index (χ0n) is 14.3. The molecule has 3 nitrogen and oxygen atoms in total. The lowest BCUT2D eigenvalue weighted by molar-refractivity contribution is 0.106. The van der Waals surface area contributed by atoms with Gasteiger partial charge in [-0.15, -0.1) is 5.10 Å². The van der Waals surface area contributed by atoms with E-state index in [0.717, 1.165) is 0 Å². The van der Waals surface area contributed by atoms with Crippen LogP contribution in [0.3, 0.4) is 0 Å². The van der Waals surface area contributed by atoms with Crippen LogP contribution in [0.4, 0.5) is 4.39 Å². The van der Waals surface area contributed by atoms with Crippen molar-refractivity contribution in [2.24, 2.45) is 10.2 Å². The highest BCUT2D eigenvalue weighted by Crippen LogP contribution is 2.11. The van der Waals surface area contributed by atoms with Crippen molar-refractivity contribution in [1.29, 1.82) is 0 Å². The number of Topliss-reactive ketones (excluding diaryl/α,β-unsaturated/α-hetero) is 1. The minimum Gasteiger partial charge on any atom is -0.287 e. The van der Waals surface area contributed by atoms with E-state index in [-0.39, 0.29) is 17.3 Å². The van der Waals surface area contributed by atoms with Crippen molar-refractivity contribution >= 4 is 17.2 Å². The van der Waals surface area contributed by atoms with E-state index in [1.807, 2.05) is 24.3 Å². The first-order valence-corrected chi connectivity index (χ1v) is 8.19. The van der Waals surface area contributed by atoms with Crippen LogP contribution < -0.4 is 0 Å². The normalized spacial score (nSPS) is 12.1. The Balaban J connectivity index is 2.04. The molecule has 3 rings (SSSR count). The van der Waals surface area contributed by atoms with Crippen molar-refractivity contribution < 1.29 is 9.18 Å². The molecule has 4 heteroatoms. The topological polar surface area (TPSA) is 41.8 Å². The molecule has 26 heavy (non-hydrogen) atoms. The van der Waals surface area contributed by atoms with Gasteiger partial charge in [-0.25, -0.2) is 4.39 Å². The van der Waals surface area contributed by atoms with E-state index in [9.17, 15) is 9.18 Å². The Bertz CT molecular complexity index is 964. The van der Waals surface area contributed by atoms with Crippen LogP contribution in [0.5, 0.6) is 0 Å². The van der Waals surface area contributed by atoms with Gasteiger partial charge in [-0.1, -0.05) is 78.9 Å². The maximum Gasteiger partial charge on any atom is 0.213 e. The monoisotopic (exact) mass is 344 g/mol. The van der Waals surface area contributed by atoms with E-state index in [0.29, 0.717) is 22.4 Å². The largest absolute Gasteiger partial charge is 0.287 e. The van der Waals surface area contributed by atoms with E-state index in [4.69, 9.17) is 0 Å². The summed E-state index contributed by atoms with van der Waals surface area (Å²) in [6.07, 6.45) is 0. The molecule has 0 unspecified atom stereocenters. The fourth-order valence-corrected chi connectivity index (χ4v) is 2.49. The van der Waals surface area contributed by atoms with Gasteiger partial charge in [0.15, 0.2) is 0 Å². The first kappa shape index (κ1) is 17.4. The highest BCUT2D eigenvalue weighted by molar-refractivity contribution is 6.51. The third-order valence-electron chi connectivity index (χ3n) is 3.86. The predicted octanol–water partition coefficient (Wildman–Crippen LogP) is 4.92. The quantitative estimate of drug-likeness (QED) is 0.368. The van der Waals surface area contributed by atoms with E-state index in [1.54, 1.807) is 61.5 Å². The van der Waals surface area contributed by atoms with Crippen molar-refractivity contribution in [3.63, 3.8) is 0 Å². The lowest BCUT2D eigenvalue weighted by atomic mass is 10.0. The van der Waals surface area contributed by atoms with Gasteiger partial charge in [0.05, 0.1) is 5.71 Å². The molecular weight excluding hydrogens is 327 g/mol. The highest BCUT2D eigenvalue weighted by Gasteiger charge is 2.16. The van der Waals surface area contributed by atoms with E-state index in [2.05, 4.69) is 10.2 Å². The maximum atomic E-state index is 13.9. The summed E-state index contributed by atoms with van der Waals surface area (Å²) in [5.41, 5.74) is 2.15. The number of rotatable bonds is 5. The Hall–Kier alpha value is -3.40. The van der Waals surface area contributed by atoms with Crippen LogP contribution in [0.1, 0.15) is 28.4 Å². The van der Waals surface area contributed by atoms with Crippen LogP contribution in [0.2, 0.25) is 0 Å². The van der Waals surface area contributed by atoms with Crippen molar-refractivity contribution in [3.05, 3.63) is 107 Å².